The highest BCUT2D eigenvalue weighted by atomic mass is 19.1. The number of hydrogen-bond acceptors (Lipinski definition) is 1. The summed E-state index contributed by atoms with van der Waals surface area (Å²) in [5, 5.41) is 0. The lowest BCUT2D eigenvalue weighted by Crippen LogP contribution is -2.22. The van der Waals surface area contributed by atoms with Gasteiger partial charge in [-0.2, -0.15) is 0 Å². The molecular weight excluding hydrogens is 213 g/mol. The van der Waals surface area contributed by atoms with Gasteiger partial charge in [0.15, 0.2) is 0 Å². The molecule has 0 rings (SSSR count). The molecule has 0 amide bonds. The summed E-state index contributed by atoms with van der Waals surface area (Å²) in [7, 11) is 2.00. The van der Waals surface area contributed by atoms with Gasteiger partial charge in [-0.15, -0.1) is 0 Å². The van der Waals surface area contributed by atoms with Crippen LogP contribution < -0.4 is 0 Å². The zero-order chi connectivity index (χ0) is 13.7. The van der Waals surface area contributed by atoms with Crippen molar-refractivity contribution in [3.63, 3.8) is 0 Å². The van der Waals surface area contributed by atoms with Crippen LogP contribution in [0.5, 0.6) is 0 Å². The quantitative estimate of drug-likeness (QED) is 0.438. The Balaban J connectivity index is 0. The number of nitrogens with zero attached hydrogens (tertiary/aromatic N) is 1. The number of halogens is 1. The standard InChI is InChI=1S/C13H22FN.C2H6/c1-5-8-9-10-15(4)11-12(6-2)13(14)7-3;1-2/h6-7H,2-3,5,8-11H2,1,4H3;1-2H3/b13-12-;. The van der Waals surface area contributed by atoms with Gasteiger partial charge in [-0.05, 0) is 26.1 Å². The lowest BCUT2D eigenvalue weighted by atomic mass is 10.2. The zero-order valence-corrected chi connectivity index (χ0v) is 11.9. The minimum absolute atomic E-state index is 0.271. The summed E-state index contributed by atoms with van der Waals surface area (Å²) in [5.74, 6) is -0.271. The number of hydrogen-bond donors (Lipinski definition) is 0. The average molecular weight is 241 g/mol. The number of allylic oxidation sites excluding steroid dienone is 2. The fraction of sp³-hybridized carbons (Fsp3) is 0.600. The van der Waals surface area contributed by atoms with E-state index in [4.69, 9.17) is 0 Å². The van der Waals surface area contributed by atoms with E-state index >= 15 is 0 Å². The van der Waals surface area contributed by atoms with Crippen LogP contribution in [0.2, 0.25) is 0 Å². The number of likely N-dealkylation sites (N-methyl/N-ethyl adjacent to an activating group) is 1. The first-order valence-electron chi connectivity index (χ1n) is 6.47. The van der Waals surface area contributed by atoms with Gasteiger partial charge in [-0.1, -0.05) is 52.8 Å². The van der Waals surface area contributed by atoms with Crippen LogP contribution in [0.1, 0.15) is 40.0 Å². The first kappa shape index (κ1) is 18.5. The Bertz CT molecular complexity index is 231. The number of rotatable bonds is 8. The monoisotopic (exact) mass is 241 g/mol. The van der Waals surface area contributed by atoms with E-state index in [1.807, 2.05) is 20.9 Å². The van der Waals surface area contributed by atoms with Crippen LogP contribution in [0.4, 0.5) is 4.39 Å². The first-order chi connectivity index (χ1) is 8.15. The van der Waals surface area contributed by atoms with E-state index in [0.29, 0.717) is 12.1 Å². The van der Waals surface area contributed by atoms with Crippen molar-refractivity contribution in [3.8, 4) is 0 Å². The van der Waals surface area contributed by atoms with E-state index in [9.17, 15) is 4.39 Å². The molecule has 0 aliphatic rings. The molecule has 0 aromatic rings. The van der Waals surface area contributed by atoms with E-state index in [1.165, 1.54) is 18.9 Å². The molecule has 0 fully saturated rings. The molecule has 1 nitrogen and oxygen atoms in total. The van der Waals surface area contributed by atoms with Gasteiger partial charge >= 0.3 is 0 Å². The van der Waals surface area contributed by atoms with Crippen LogP contribution in [-0.2, 0) is 0 Å². The molecule has 0 radical (unpaired) electrons. The maximum atomic E-state index is 13.2. The van der Waals surface area contributed by atoms with Crippen molar-refractivity contribution in [1.29, 1.82) is 0 Å². The smallest absolute Gasteiger partial charge is 0.127 e. The Morgan fingerprint density at radius 3 is 2.18 bits per heavy atom. The second-order valence-corrected chi connectivity index (χ2v) is 3.73. The molecule has 0 saturated carbocycles. The fourth-order valence-electron chi connectivity index (χ4n) is 1.37. The van der Waals surface area contributed by atoms with Crippen molar-refractivity contribution < 1.29 is 4.39 Å². The molecule has 0 heterocycles. The highest BCUT2D eigenvalue weighted by Crippen LogP contribution is 2.10. The minimum atomic E-state index is -0.271. The van der Waals surface area contributed by atoms with Crippen molar-refractivity contribution in [2.24, 2.45) is 0 Å². The molecule has 0 aliphatic heterocycles. The third kappa shape index (κ3) is 10.0. The van der Waals surface area contributed by atoms with Gasteiger partial charge in [-0.3, -0.25) is 0 Å². The van der Waals surface area contributed by atoms with Gasteiger partial charge in [-0.25, -0.2) is 4.39 Å². The Labute approximate surface area is 107 Å². The third-order valence-electron chi connectivity index (χ3n) is 2.32. The van der Waals surface area contributed by atoms with Crippen LogP contribution in [0.25, 0.3) is 0 Å². The summed E-state index contributed by atoms with van der Waals surface area (Å²) in [6.07, 6.45) is 6.39. The Kier molecular flexibility index (Phi) is 14.3. The zero-order valence-electron chi connectivity index (χ0n) is 11.9. The van der Waals surface area contributed by atoms with Gasteiger partial charge in [0, 0.05) is 12.1 Å². The predicted molar refractivity (Wildman–Crippen MR) is 76.9 cm³/mol. The summed E-state index contributed by atoms with van der Waals surface area (Å²) in [4.78, 5) is 2.11. The highest BCUT2D eigenvalue weighted by molar-refractivity contribution is 5.27. The van der Waals surface area contributed by atoms with E-state index < -0.39 is 0 Å². The molecule has 0 bridgehead atoms. The highest BCUT2D eigenvalue weighted by Gasteiger charge is 2.04. The molecule has 0 unspecified atom stereocenters. The van der Waals surface area contributed by atoms with Gasteiger partial charge in [0.05, 0.1) is 0 Å². The summed E-state index contributed by atoms with van der Waals surface area (Å²) < 4.78 is 13.2. The summed E-state index contributed by atoms with van der Waals surface area (Å²) >= 11 is 0. The van der Waals surface area contributed by atoms with E-state index in [2.05, 4.69) is 25.0 Å². The second kappa shape index (κ2) is 13.2. The van der Waals surface area contributed by atoms with Crippen molar-refractivity contribution in [1.82, 2.24) is 4.90 Å². The first-order valence-corrected chi connectivity index (χ1v) is 6.47. The van der Waals surface area contributed by atoms with Crippen LogP contribution in [0.3, 0.4) is 0 Å². The lowest BCUT2D eigenvalue weighted by Gasteiger charge is -2.17. The molecule has 2 heteroatoms. The van der Waals surface area contributed by atoms with Crippen molar-refractivity contribution in [3.05, 3.63) is 36.7 Å². The summed E-state index contributed by atoms with van der Waals surface area (Å²) in [6.45, 7) is 14.8. The molecule has 17 heavy (non-hydrogen) atoms. The largest absolute Gasteiger partial charge is 0.302 e. The molecule has 0 atom stereocenters. The van der Waals surface area contributed by atoms with Gasteiger partial charge in [0.1, 0.15) is 5.83 Å². The summed E-state index contributed by atoms with van der Waals surface area (Å²) in [5.41, 5.74) is 0.615. The topological polar surface area (TPSA) is 3.24 Å². The lowest BCUT2D eigenvalue weighted by molar-refractivity contribution is 0.351. The van der Waals surface area contributed by atoms with Crippen LogP contribution >= 0.6 is 0 Å². The third-order valence-corrected chi connectivity index (χ3v) is 2.32. The fourth-order valence-corrected chi connectivity index (χ4v) is 1.37. The van der Waals surface area contributed by atoms with Gasteiger partial charge in [0.2, 0.25) is 0 Å². The second-order valence-electron chi connectivity index (χ2n) is 3.73. The SMILES string of the molecule is C=C/C(F)=C(\C=C)CN(C)CCCCC.CC. The van der Waals surface area contributed by atoms with Crippen molar-refractivity contribution >= 4 is 0 Å². The normalized spacial score (nSPS) is 11.4. The average Bonchev–Trinajstić information content (AvgIpc) is 2.37. The Morgan fingerprint density at radius 1 is 1.18 bits per heavy atom. The number of unbranched alkanes of at least 4 members (excludes halogenated alkanes) is 2. The van der Waals surface area contributed by atoms with E-state index in [1.54, 1.807) is 6.08 Å². The van der Waals surface area contributed by atoms with Crippen LogP contribution in [-0.4, -0.2) is 25.0 Å². The predicted octanol–water partition coefficient (Wildman–Crippen LogP) is 4.73. The van der Waals surface area contributed by atoms with Crippen LogP contribution in [0.15, 0.2) is 36.7 Å². The minimum Gasteiger partial charge on any atom is -0.302 e. The van der Waals surface area contributed by atoms with E-state index in [0.717, 1.165) is 13.0 Å². The Morgan fingerprint density at radius 2 is 1.76 bits per heavy atom. The molecule has 0 spiro atoms. The molecule has 0 saturated heterocycles. The summed E-state index contributed by atoms with van der Waals surface area (Å²) in [6, 6.07) is 0. The van der Waals surface area contributed by atoms with Crippen molar-refractivity contribution in [2.45, 2.75) is 40.0 Å². The van der Waals surface area contributed by atoms with Gasteiger partial charge < -0.3 is 4.90 Å². The Hall–Kier alpha value is -0.890. The molecular formula is C15H28FN. The maximum absolute atomic E-state index is 13.2. The molecule has 0 N–H and O–H groups in total. The molecule has 100 valence electrons. The maximum Gasteiger partial charge on any atom is 0.127 e. The van der Waals surface area contributed by atoms with Crippen LogP contribution in [0, 0.1) is 0 Å². The van der Waals surface area contributed by atoms with Gasteiger partial charge in [0.25, 0.3) is 0 Å². The molecule has 0 aromatic heterocycles. The van der Waals surface area contributed by atoms with E-state index in [-0.39, 0.29) is 5.83 Å². The van der Waals surface area contributed by atoms with Crippen molar-refractivity contribution in [2.75, 3.05) is 20.1 Å². The molecule has 0 aliphatic carbocycles. The molecule has 0 aromatic carbocycles.